The van der Waals surface area contributed by atoms with Crippen LogP contribution in [0.15, 0.2) is 58.8 Å². The van der Waals surface area contributed by atoms with E-state index in [0.29, 0.717) is 5.13 Å². The van der Waals surface area contributed by atoms with Crippen molar-refractivity contribution in [2.75, 3.05) is 17.7 Å². The molecule has 2 amide bonds. The van der Waals surface area contributed by atoms with Gasteiger partial charge >= 0.3 is 0 Å². The molecule has 28 heavy (non-hydrogen) atoms. The fraction of sp³-hybridized carbons (Fsp3) is 0.150. The second-order valence-electron chi connectivity index (χ2n) is 6.11. The van der Waals surface area contributed by atoms with E-state index in [4.69, 9.17) is 4.74 Å². The summed E-state index contributed by atoms with van der Waals surface area (Å²) in [6.45, 7) is 0. The molecular formula is C20H17N3O3S2. The van der Waals surface area contributed by atoms with E-state index in [-0.39, 0.29) is 18.2 Å². The van der Waals surface area contributed by atoms with E-state index in [9.17, 15) is 9.59 Å². The third-order valence-electron chi connectivity index (χ3n) is 4.21. The summed E-state index contributed by atoms with van der Waals surface area (Å²) in [5.41, 5.74) is 2.51. The molecule has 1 atom stereocenters. The lowest BCUT2D eigenvalue weighted by Crippen LogP contribution is -2.32. The summed E-state index contributed by atoms with van der Waals surface area (Å²) in [6.07, 6.45) is 0.0856. The van der Waals surface area contributed by atoms with E-state index < -0.39 is 5.25 Å². The largest absolute Gasteiger partial charge is 0.497 e. The van der Waals surface area contributed by atoms with Gasteiger partial charge in [-0.2, -0.15) is 0 Å². The van der Waals surface area contributed by atoms with E-state index in [1.807, 2.05) is 53.9 Å². The van der Waals surface area contributed by atoms with Crippen molar-refractivity contribution in [2.45, 2.75) is 16.6 Å². The minimum atomic E-state index is -0.462. The molecule has 0 fully saturated rings. The molecule has 2 N–H and O–H groups in total. The maximum absolute atomic E-state index is 12.4. The van der Waals surface area contributed by atoms with Gasteiger partial charge in [0, 0.05) is 22.3 Å². The lowest BCUT2D eigenvalue weighted by Gasteiger charge is -2.23. The van der Waals surface area contributed by atoms with Crippen molar-refractivity contribution in [3.63, 3.8) is 0 Å². The van der Waals surface area contributed by atoms with Crippen molar-refractivity contribution in [1.29, 1.82) is 0 Å². The Kier molecular flexibility index (Phi) is 5.31. The summed E-state index contributed by atoms with van der Waals surface area (Å²) >= 11 is 2.76. The van der Waals surface area contributed by atoms with Crippen LogP contribution in [0.5, 0.6) is 5.75 Å². The number of nitrogens with zero attached hydrogens (tertiary/aromatic N) is 1. The highest BCUT2D eigenvalue weighted by molar-refractivity contribution is 8.01. The zero-order valence-electron chi connectivity index (χ0n) is 15.0. The summed E-state index contributed by atoms with van der Waals surface area (Å²) in [5.74, 6) is 0.386. The van der Waals surface area contributed by atoms with E-state index in [1.165, 1.54) is 23.1 Å². The smallest absolute Gasteiger partial charge is 0.238 e. The SMILES string of the molecule is COc1ccc(-c2csc(NC(=O)CC3Sc4ccccc4NC3=O)n2)cc1. The average Bonchev–Trinajstić information content (AvgIpc) is 3.17. The van der Waals surface area contributed by atoms with E-state index in [0.717, 1.165) is 27.6 Å². The fourth-order valence-electron chi connectivity index (χ4n) is 2.79. The van der Waals surface area contributed by atoms with Crippen LogP contribution in [0.4, 0.5) is 10.8 Å². The Morgan fingerprint density at radius 3 is 2.79 bits per heavy atom. The van der Waals surface area contributed by atoms with Gasteiger partial charge in [-0.15, -0.1) is 23.1 Å². The standard InChI is InChI=1S/C20H17N3O3S2/c1-26-13-8-6-12(7-9-13)15-11-27-20(22-15)23-18(24)10-17-19(25)21-14-4-2-3-5-16(14)28-17/h2-9,11,17H,10H2,1H3,(H,21,25)(H,22,23,24). The van der Waals surface area contributed by atoms with Gasteiger partial charge in [0.25, 0.3) is 0 Å². The number of carbonyl (C=O) groups excluding carboxylic acids is 2. The topological polar surface area (TPSA) is 80.3 Å². The van der Waals surface area contributed by atoms with Crippen LogP contribution in [0.25, 0.3) is 11.3 Å². The van der Waals surface area contributed by atoms with E-state index in [2.05, 4.69) is 15.6 Å². The number of hydrogen-bond acceptors (Lipinski definition) is 6. The van der Waals surface area contributed by atoms with Crippen molar-refractivity contribution < 1.29 is 14.3 Å². The number of hydrogen-bond donors (Lipinski definition) is 2. The number of benzene rings is 2. The number of fused-ring (bicyclic) bond motifs is 1. The van der Waals surface area contributed by atoms with Gasteiger partial charge in [0.1, 0.15) is 5.75 Å². The Balaban J connectivity index is 1.39. The number of carbonyl (C=O) groups is 2. The van der Waals surface area contributed by atoms with Crippen LogP contribution in [0.2, 0.25) is 0 Å². The maximum Gasteiger partial charge on any atom is 0.238 e. The third-order valence-corrected chi connectivity index (χ3v) is 6.25. The first kappa shape index (κ1) is 18.5. The van der Waals surface area contributed by atoms with Gasteiger partial charge in [-0.3, -0.25) is 9.59 Å². The molecule has 0 radical (unpaired) electrons. The Morgan fingerprint density at radius 1 is 1.21 bits per heavy atom. The number of thioether (sulfide) groups is 1. The molecule has 1 aromatic heterocycles. The fourth-order valence-corrected chi connectivity index (χ4v) is 4.64. The predicted octanol–water partition coefficient (Wildman–Crippen LogP) is 4.26. The normalized spacial score (nSPS) is 15.5. The van der Waals surface area contributed by atoms with Crippen LogP contribution >= 0.6 is 23.1 Å². The molecule has 4 rings (SSSR count). The number of nitrogens with one attached hydrogen (secondary N) is 2. The molecule has 1 unspecified atom stereocenters. The first-order valence-corrected chi connectivity index (χ1v) is 10.3. The minimum absolute atomic E-state index is 0.0856. The quantitative estimate of drug-likeness (QED) is 0.656. The van der Waals surface area contributed by atoms with Crippen molar-refractivity contribution in [2.24, 2.45) is 0 Å². The van der Waals surface area contributed by atoms with Crippen LogP contribution in [-0.2, 0) is 9.59 Å². The molecule has 6 nitrogen and oxygen atoms in total. The Bertz CT molecular complexity index is 1020. The monoisotopic (exact) mass is 411 g/mol. The second kappa shape index (κ2) is 8.04. The van der Waals surface area contributed by atoms with Crippen molar-refractivity contribution in [3.8, 4) is 17.0 Å². The summed E-state index contributed by atoms with van der Waals surface area (Å²) in [5, 5.41) is 7.58. The molecule has 0 saturated heterocycles. The first-order chi connectivity index (χ1) is 13.6. The number of ether oxygens (including phenoxy) is 1. The summed E-state index contributed by atoms with van der Waals surface area (Å²) in [6, 6.07) is 15.1. The molecule has 0 aliphatic carbocycles. The summed E-state index contributed by atoms with van der Waals surface area (Å²) in [7, 11) is 1.62. The van der Waals surface area contributed by atoms with Gasteiger partial charge in [0.15, 0.2) is 5.13 Å². The molecule has 0 spiro atoms. The molecule has 2 aromatic carbocycles. The Labute approximate surface area is 170 Å². The van der Waals surface area contributed by atoms with Crippen molar-refractivity contribution in [3.05, 3.63) is 53.9 Å². The molecule has 8 heteroatoms. The molecular weight excluding hydrogens is 394 g/mol. The number of aromatic nitrogens is 1. The molecule has 1 aliphatic rings. The Morgan fingerprint density at radius 2 is 2.00 bits per heavy atom. The number of amides is 2. The molecule has 142 valence electrons. The van der Waals surface area contributed by atoms with Crippen LogP contribution in [-0.4, -0.2) is 29.2 Å². The molecule has 2 heterocycles. The number of anilines is 2. The van der Waals surface area contributed by atoms with Gasteiger partial charge < -0.3 is 15.4 Å². The van der Waals surface area contributed by atoms with Gasteiger partial charge in [0.2, 0.25) is 11.8 Å². The lowest BCUT2D eigenvalue weighted by molar-refractivity contribution is -0.120. The average molecular weight is 412 g/mol. The Hall–Kier alpha value is -2.84. The van der Waals surface area contributed by atoms with Crippen LogP contribution < -0.4 is 15.4 Å². The third kappa shape index (κ3) is 4.02. The zero-order valence-corrected chi connectivity index (χ0v) is 16.6. The maximum atomic E-state index is 12.4. The molecule has 3 aromatic rings. The zero-order chi connectivity index (χ0) is 19.5. The van der Waals surface area contributed by atoms with E-state index >= 15 is 0 Å². The second-order valence-corrected chi connectivity index (χ2v) is 8.21. The first-order valence-electron chi connectivity index (χ1n) is 8.59. The molecule has 0 bridgehead atoms. The number of thiazole rings is 1. The lowest BCUT2D eigenvalue weighted by atomic mass is 10.2. The minimum Gasteiger partial charge on any atom is -0.497 e. The summed E-state index contributed by atoms with van der Waals surface area (Å²) < 4.78 is 5.16. The van der Waals surface area contributed by atoms with Crippen molar-refractivity contribution in [1.82, 2.24) is 4.98 Å². The highest BCUT2D eigenvalue weighted by atomic mass is 32.2. The molecule has 1 aliphatic heterocycles. The van der Waals surface area contributed by atoms with Crippen LogP contribution in [0.3, 0.4) is 0 Å². The number of methoxy groups -OCH3 is 1. The molecule has 0 saturated carbocycles. The van der Waals surface area contributed by atoms with Gasteiger partial charge in [-0.25, -0.2) is 4.98 Å². The van der Waals surface area contributed by atoms with E-state index in [1.54, 1.807) is 7.11 Å². The summed E-state index contributed by atoms with van der Waals surface area (Å²) in [4.78, 5) is 30.1. The van der Waals surface area contributed by atoms with Crippen LogP contribution in [0.1, 0.15) is 6.42 Å². The van der Waals surface area contributed by atoms with Crippen molar-refractivity contribution >= 4 is 45.7 Å². The highest BCUT2D eigenvalue weighted by Gasteiger charge is 2.29. The van der Waals surface area contributed by atoms with Gasteiger partial charge in [-0.1, -0.05) is 12.1 Å². The van der Waals surface area contributed by atoms with Gasteiger partial charge in [-0.05, 0) is 36.4 Å². The highest BCUT2D eigenvalue weighted by Crippen LogP contribution is 2.36. The van der Waals surface area contributed by atoms with Gasteiger partial charge in [0.05, 0.1) is 23.7 Å². The number of para-hydroxylation sites is 1. The van der Waals surface area contributed by atoms with Crippen LogP contribution in [0, 0.1) is 0 Å². The predicted molar refractivity (Wildman–Crippen MR) is 112 cm³/mol. The number of rotatable bonds is 5.